The Balaban J connectivity index is 1.49. The van der Waals surface area contributed by atoms with Crippen molar-refractivity contribution < 1.29 is 8.42 Å². The van der Waals surface area contributed by atoms with E-state index in [0.29, 0.717) is 23.2 Å². The summed E-state index contributed by atoms with van der Waals surface area (Å²) in [4.78, 5) is 4.61. The molecule has 2 aromatic heterocycles. The molecule has 25 heavy (non-hydrogen) atoms. The van der Waals surface area contributed by atoms with E-state index in [9.17, 15) is 8.42 Å². The molecule has 0 saturated carbocycles. The molecule has 132 valence electrons. The summed E-state index contributed by atoms with van der Waals surface area (Å²) in [5.41, 5.74) is 2.38. The lowest BCUT2D eigenvalue weighted by atomic mass is 9.95. The van der Waals surface area contributed by atoms with Crippen molar-refractivity contribution >= 4 is 32.3 Å². The number of para-hydroxylation sites is 1. The summed E-state index contributed by atoms with van der Waals surface area (Å²) in [6.07, 6.45) is 2.60. The van der Waals surface area contributed by atoms with Gasteiger partial charge < -0.3 is 4.98 Å². The van der Waals surface area contributed by atoms with Gasteiger partial charge in [-0.15, -0.1) is 11.3 Å². The van der Waals surface area contributed by atoms with E-state index < -0.39 is 10.0 Å². The van der Waals surface area contributed by atoms with Gasteiger partial charge in [-0.2, -0.15) is 4.31 Å². The SMILES string of the molecule is CCc1ccc(S(=O)(=O)N2CCC(c3cc4ccccc4[nH]3)CC2)s1. The fourth-order valence-corrected chi connectivity index (χ4v) is 6.46. The van der Waals surface area contributed by atoms with Crippen LogP contribution >= 0.6 is 11.3 Å². The second-order valence-electron chi connectivity index (χ2n) is 6.56. The first-order valence-electron chi connectivity index (χ1n) is 8.74. The maximum absolute atomic E-state index is 12.8. The molecule has 0 unspecified atom stereocenters. The van der Waals surface area contributed by atoms with Gasteiger partial charge in [0.15, 0.2) is 0 Å². The molecule has 3 heterocycles. The second-order valence-corrected chi connectivity index (χ2v) is 9.90. The van der Waals surface area contributed by atoms with Gasteiger partial charge in [0, 0.05) is 35.1 Å². The number of nitrogens with one attached hydrogen (secondary N) is 1. The summed E-state index contributed by atoms with van der Waals surface area (Å²) in [6.45, 7) is 3.22. The maximum Gasteiger partial charge on any atom is 0.252 e. The monoisotopic (exact) mass is 374 g/mol. The van der Waals surface area contributed by atoms with E-state index >= 15 is 0 Å². The third-order valence-corrected chi connectivity index (χ3v) is 8.62. The normalized spacial score (nSPS) is 17.3. The average Bonchev–Trinajstić information content (AvgIpc) is 3.29. The zero-order valence-electron chi connectivity index (χ0n) is 14.2. The second kappa shape index (κ2) is 6.59. The third-order valence-electron chi connectivity index (χ3n) is 5.02. The van der Waals surface area contributed by atoms with Crippen LogP contribution in [0.2, 0.25) is 0 Å². The molecule has 1 fully saturated rings. The van der Waals surface area contributed by atoms with Crippen molar-refractivity contribution in [2.75, 3.05) is 13.1 Å². The largest absolute Gasteiger partial charge is 0.358 e. The zero-order chi connectivity index (χ0) is 17.4. The molecule has 4 nitrogen and oxygen atoms in total. The number of fused-ring (bicyclic) bond motifs is 1. The van der Waals surface area contributed by atoms with Gasteiger partial charge in [-0.05, 0) is 48.9 Å². The number of sulfonamides is 1. The van der Waals surface area contributed by atoms with Crippen molar-refractivity contribution in [1.29, 1.82) is 0 Å². The van der Waals surface area contributed by atoms with Crippen molar-refractivity contribution in [3.05, 3.63) is 53.0 Å². The Kier molecular flexibility index (Phi) is 4.43. The highest BCUT2D eigenvalue weighted by Crippen LogP contribution is 2.33. The van der Waals surface area contributed by atoms with Gasteiger partial charge in [0.05, 0.1) is 0 Å². The topological polar surface area (TPSA) is 53.2 Å². The van der Waals surface area contributed by atoms with E-state index in [1.807, 2.05) is 25.1 Å². The summed E-state index contributed by atoms with van der Waals surface area (Å²) in [5, 5.41) is 1.22. The van der Waals surface area contributed by atoms with Crippen molar-refractivity contribution in [3.63, 3.8) is 0 Å². The third kappa shape index (κ3) is 3.14. The first-order chi connectivity index (χ1) is 12.1. The number of thiophene rings is 1. The van der Waals surface area contributed by atoms with Crippen LogP contribution in [0.4, 0.5) is 0 Å². The van der Waals surface area contributed by atoms with Crippen LogP contribution in [-0.2, 0) is 16.4 Å². The molecule has 6 heteroatoms. The Morgan fingerprint density at radius 3 is 2.60 bits per heavy atom. The minimum atomic E-state index is -3.34. The summed E-state index contributed by atoms with van der Waals surface area (Å²) < 4.78 is 27.8. The molecule has 1 saturated heterocycles. The molecular weight excluding hydrogens is 352 g/mol. The van der Waals surface area contributed by atoms with E-state index in [0.717, 1.165) is 29.7 Å². The number of aromatic amines is 1. The fraction of sp³-hybridized carbons (Fsp3) is 0.368. The van der Waals surface area contributed by atoms with Crippen LogP contribution in [0.25, 0.3) is 10.9 Å². The molecule has 1 aromatic carbocycles. The molecule has 1 aliphatic heterocycles. The van der Waals surface area contributed by atoms with Crippen LogP contribution in [0.3, 0.4) is 0 Å². The quantitative estimate of drug-likeness (QED) is 0.738. The van der Waals surface area contributed by atoms with Crippen LogP contribution in [0.1, 0.15) is 36.3 Å². The van der Waals surface area contributed by atoms with Crippen LogP contribution < -0.4 is 0 Å². The van der Waals surface area contributed by atoms with Crippen LogP contribution in [-0.4, -0.2) is 30.8 Å². The molecule has 0 aliphatic carbocycles. The number of aromatic nitrogens is 1. The summed E-state index contributed by atoms with van der Waals surface area (Å²) in [7, 11) is -3.34. The van der Waals surface area contributed by atoms with Gasteiger partial charge in [0.25, 0.3) is 10.0 Å². The highest BCUT2D eigenvalue weighted by Gasteiger charge is 2.31. The number of benzene rings is 1. The molecule has 1 N–H and O–H groups in total. The number of aryl methyl sites for hydroxylation is 1. The predicted octanol–water partition coefficient (Wildman–Crippen LogP) is 4.36. The van der Waals surface area contributed by atoms with Gasteiger partial charge >= 0.3 is 0 Å². The maximum atomic E-state index is 12.8. The summed E-state index contributed by atoms with van der Waals surface area (Å²) in [6, 6.07) is 14.1. The average molecular weight is 375 g/mol. The molecule has 1 aliphatic rings. The zero-order valence-corrected chi connectivity index (χ0v) is 15.9. The van der Waals surface area contributed by atoms with E-state index in [2.05, 4.69) is 23.2 Å². The molecule has 0 atom stereocenters. The smallest absolute Gasteiger partial charge is 0.252 e. The molecule has 0 amide bonds. The van der Waals surface area contributed by atoms with E-state index in [1.54, 1.807) is 10.4 Å². The van der Waals surface area contributed by atoms with Crippen LogP contribution in [0.15, 0.2) is 46.7 Å². The van der Waals surface area contributed by atoms with Gasteiger partial charge in [-0.1, -0.05) is 25.1 Å². The van der Waals surface area contributed by atoms with Gasteiger partial charge in [-0.3, -0.25) is 0 Å². The van der Waals surface area contributed by atoms with Gasteiger partial charge in [0.2, 0.25) is 0 Å². The molecule has 0 radical (unpaired) electrons. The molecular formula is C19H22N2O2S2. The Bertz CT molecular complexity index is 947. The van der Waals surface area contributed by atoms with Crippen LogP contribution in [0.5, 0.6) is 0 Å². The fourth-order valence-electron chi connectivity index (χ4n) is 3.54. The molecule has 0 bridgehead atoms. The van der Waals surface area contributed by atoms with E-state index in [1.165, 1.54) is 22.4 Å². The first kappa shape index (κ1) is 16.8. The Morgan fingerprint density at radius 2 is 1.92 bits per heavy atom. The lowest BCUT2D eigenvalue weighted by Crippen LogP contribution is -2.37. The van der Waals surface area contributed by atoms with E-state index in [-0.39, 0.29) is 0 Å². The number of nitrogens with zero attached hydrogens (tertiary/aromatic N) is 1. The summed E-state index contributed by atoms with van der Waals surface area (Å²) >= 11 is 1.40. The first-order valence-corrected chi connectivity index (χ1v) is 11.0. The van der Waals surface area contributed by atoms with Crippen molar-refractivity contribution in [1.82, 2.24) is 9.29 Å². The number of rotatable bonds is 4. The number of piperidine rings is 1. The van der Waals surface area contributed by atoms with Crippen molar-refractivity contribution in [2.24, 2.45) is 0 Å². The molecule has 4 rings (SSSR count). The number of hydrogen-bond acceptors (Lipinski definition) is 3. The Morgan fingerprint density at radius 1 is 1.16 bits per heavy atom. The summed E-state index contributed by atoms with van der Waals surface area (Å²) in [5.74, 6) is 0.397. The van der Waals surface area contributed by atoms with Gasteiger partial charge in [-0.25, -0.2) is 8.42 Å². The van der Waals surface area contributed by atoms with Gasteiger partial charge in [0.1, 0.15) is 4.21 Å². The standard InChI is InChI=1S/C19H22N2O2S2/c1-2-16-7-8-19(24-16)25(22,23)21-11-9-14(10-12-21)18-13-15-5-3-4-6-17(15)20-18/h3-8,13-14,20H,2,9-12H2,1H3. The Labute approximate surface area is 152 Å². The van der Waals surface area contributed by atoms with Crippen molar-refractivity contribution in [2.45, 2.75) is 36.3 Å². The predicted molar refractivity (Wildman–Crippen MR) is 103 cm³/mol. The Hall–Kier alpha value is -1.63. The molecule has 0 spiro atoms. The minimum absolute atomic E-state index is 0.397. The minimum Gasteiger partial charge on any atom is -0.358 e. The van der Waals surface area contributed by atoms with Crippen LogP contribution in [0, 0.1) is 0 Å². The molecule has 3 aromatic rings. The number of hydrogen-bond donors (Lipinski definition) is 1. The van der Waals surface area contributed by atoms with E-state index in [4.69, 9.17) is 0 Å². The lowest BCUT2D eigenvalue weighted by Gasteiger charge is -2.30. The number of H-pyrrole nitrogens is 1. The highest BCUT2D eigenvalue weighted by molar-refractivity contribution is 7.91. The lowest BCUT2D eigenvalue weighted by molar-refractivity contribution is 0.318. The van der Waals surface area contributed by atoms with Crippen molar-refractivity contribution in [3.8, 4) is 0 Å². The highest BCUT2D eigenvalue weighted by atomic mass is 32.2.